The molecule has 1 nitrogen and oxygen atoms in total. The van der Waals surface area contributed by atoms with Crippen molar-refractivity contribution in [3.63, 3.8) is 0 Å². The maximum atomic E-state index is 13.3. The summed E-state index contributed by atoms with van der Waals surface area (Å²) in [5.41, 5.74) is 0.928. The zero-order chi connectivity index (χ0) is 9.97. The molecule has 0 amide bonds. The van der Waals surface area contributed by atoms with Gasteiger partial charge in [0.2, 0.25) is 0 Å². The number of fused-ring (bicyclic) bond motifs is 1. The molecule has 14 heavy (non-hydrogen) atoms. The van der Waals surface area contributed by atoms with E-state index in [2.05, 4.69) is 0 Å². The number of rotatable bonds is 2. The Labute approximate surface area is 81.8 Å². The lowest BCUT2D eigenvalue weighted by molar-refractivity contribution is 0.197. The molecule has 0 saturated heterocycles. The Kier molecular flexibility index (Phi) is 2.46. The third kappa shape index (κ3) is 1.49. The van der Waals surface area contributed by atoms with Crippen LogP contribution in [0.5, 0.6) is 0 Å². The van der Waals surface area contributed by atoms with Crippen molar-refractivity contribution in [1.82, 2.24) is 0 Å². The molecule has 0 heterocycles. The molecule has 0 bridgehead atoms. The van der Waals surface area contributed by atoms with Crippen molar-refractivity contribution in [2.75, 3.05) is 6.61 Å². The average Bonchev–Trinajstić information content (AvgIpc) is 2.20. The van der Waals surface area contributed by atoms with E-state index in [0.29, 0.717) is 11.8 Å². The van der Waals surface area contributed by atoms with Gasteiger partial charge in [0.1, 0.15) is 5.82 Å². The molecule has 0 aliphatic carbocycles. The van der Waals surface area contributed by atoms with Crippen LogP contribution in [0.15, 0.2) is 36.4 Å². The minimum atomic E-state index is -0.227. The number of hydrogen-bond donors (Lipinski definition) is 0. The summed E-state index contributed by atoms with van der Waals surface area (Å²) in [6.07, 6.45) is 0.459. The molecular formula is C12H10FO. The normalized spacial score (nSPS) is 10.7. The fourth-order valence-electron chi connectivity index (χ4n) is 1.66. The summed E-state index contributed by atoms with van der Waals surface area (Å²) in [5, 5.41) is 12.0. The van der Waals surface area contributed by atoms with E-state index in [1.165, 1.54) is 6.07 Å². The fraction of sp³-hybridized carbons (Fsp3) is 0.167. The third-order valence-corrected chi connectivity index (χ3v) is 2.33. The minimum absolute atomic E-state index is 0.157. The summed E-state index contributed by atoms with van der Waals surface area (Å²) >= 11 is 0. The van der Waals surface area contributed by atoms with E-state index in [-0.39, 0.29) is 12.4 Å². The van der Waals surface area contributed by atoms with E-state index >= 15 is 0 Å². The lowest BCUT2D eigenvalue weighted by Crippen LogP contribution is -1.91. The molecule has 0 saturated carbocycles. The van der Waals surface area contributed by atoms with Crippen molar-refractivity contribution in [2.24, 2.45) is 0 Å². The molecule has 71 valence electrons. The fourth-order valence-corrected chi connectivity index (χ4v) is 1.66. The lowest BCUT2D eigenvalue weighted by Gasteiger charge is -2.04. The number of benzene rings is 2. The minimum Gasteiger partial charge on any atom is -0.236 e. The second-order valence-electron chi connectivity index (χ2n) is 3.21. The Hall–Kier alpha value is -1.41. The molecular weight excluding hydrogens is 179 g/mol. The highest BCUT2D eigenvalue weighted by Crippen LogP contribution is 2.21. The second kappa shape index (κ2) is 3.76. The van der Waals surface area contributed by atoms with Crippen LogP contribution in [0.3, 0.4) is 0 Å². The molecule has 0 unspecified atom stereocenters. The molecule has 2 aromatic rings. The smallest absolute Gasteiger partial charge is 0.131 e. The zero-order valence-corrected chi connectivity index (χ0v) is 7.66. The highest BCUT2D eigenvalue weighted by Gasteiger charge is 2.03. The van der Waals surface area contributed by atoms with Crippen LogP contribution >= 0.6 is 0 Å². The van der Waals surface area contributed by atoms with Gasteiger partial charge in [-0.2, -0.15) is 0 Å². The summed E-state index contributed by atoms with van der Waals surface area (Å²) in [7, 11) is 0. The quantitative estimate of drug-likeness (QED) is 0.692. The summed E-state index contributed by atoms with van der Waals surface area (Å²) in [6, 6.07) is 10.4. The first-order chi connectivity index (χ1) is 6.83. The molecule has 0 aliphatic heterocycles. The van der Waals surface area contributed by atoms with Gasteiger partial charge < -0.3 is 0 Å². The van der Waals surface area contributed by atoms with Gasteiger partial charge in [-0.05, 0) is 23.4 Å². The third-order valence-electron chi connectivity index (χ3n) is 2.33. The van der Waals surface area contributed by atoms with E-state index < -0.39 is 0 Å². The predicted octanol–water partition coefficient (Wildman–Crippen LogP) is 2.95. The number of halogens is 1. The van der Waals surface area contributed by atoms with Crippen molar-refractivity contribution >= 4 is 10.8 Å². The van der Waals surface area contributed by atoms with Gasteiger partial charge in [-0.1, -0.05) is 30.3 Å². The van der Waals surface area contributed by atoms with Gasteiger partial charge in [-0.25, -0.2) is 9.50 Å². The Bertz CT molecular complexity index is 451. The maximum Gasteiger partial charge on any atom is 0.131 e. The van der Waals surface area contributed by atoms with Gasteiger partial charge in [0, 0.05) is 5.39 Å². The summed E-state index contributed by atoms with van der Waals surface area (Å²) in [5.74, 6) is -0.227. The van der Waals surface area contributed by atoms with E-state index in [4.69, 9.17) is 0 Å². The van der Waals surface area contributed by atoms with Crippen molar-refractivity contribution in [2.45, 2.75) is 6.42 Å². The first-order valence-corrected chi connectivity index (χ1v) is 4.57. The van der Waals surface area contributed by atoms with Crippen LogP contribution < -0.4 is 0 Å². The molecule has 2 aromatic carbocycles. The van der Waals surface area contributed by atoms with Crippen LogP contribution in [0.1, 0.15) is 5.56 Å². The summed E-state index contributed by atoms with van der Waals surface area (Å²) < 4.78 is 13.3. The monoisotopic (exact) mass is 189 g/mol. The Morgan fingerprint density at radius 2 is 1.71 bits per heavy atom. The molecule has 0 spiro atoms. The zero-order valence-electron chi connectivity index (χ0n) is 7.66. The van der Waals surface area contributed by atoms with Crippen LogP contribution in [-0.4, -0.2) is 6.61 Å². The molecule has 0 N–H and O–H groups in total. The van der Waals surface area contributed by atoms with Gasteiger partial charge in [0.05, 0.1) is 6.61 Å². The molecule has 0 atom stereocenters. The van der Waals surface area contributed by atoms with Gasteiger partial charge >= 0.3 is 0 Å². The van der Waals surface area contributed by atoms with Crippen molar-refractivity contribution in [3.8, 4) is 0 Å². The van der Waals surface area contributed by atoms with Crippen molar-refractivity contribution in [3.05, 3.63) is 47.8 Å². The largest absolute Gasteiger partial charge is 0.236 e. The van der Waals surface area contributed by atoms with Crippen LogP contribution in [0.4, 0.5) is 4.39 Å². The average molecular weight is 189 g/mol. The second-order valence-corrected chi connectivity index (χ2v) is 3.21. The van der Waals surface area contributed by atoms with Crippen molar-refractivity contribution < 1.29 is 9.50 Å². The Morgan fingerprint density at radius 1 is 1.00 bits per heavy atom. The first kappa shape index (κ1) is 9.16. The summed E-state index contributed by atoms with van der Waals surface area (Å²) in [4.78, 5) is 0. The molecule has 2 heteroatoms. The van der Waals surface area contributed by atoms with E-state index in [1.54, 1.807) is 18.2 Å². The van der Waals surface area contributed by atoms with Crippen LogP contribution in [0, 0.1) is 5.82 Å². The van der Waals surface area contributed by atoms with Gasteiger partial charge in [-0.3, -0.25) is 0 Å². The number of hydrogen-bond acceptors (Lipinski definition) is 0. The van der Waals surface area contributed by atoms with E-state index in [1.807, 2.05) is 12.1 Å². The lowest BCUT2D eigenvalue weighted by atomic mass is 10.0. The van der Waals surface area contributed by atoms with E-state index in [9.17, 15) is 9.50 Å². The van der Waals surface area contributed by atoms with Crippen LogP contribution in [0.25, 0.3) is 10.8 Å². The highest BCUT2D eigenvalue weighted by molar-refractivity contribution is 5.86. The van der Waals surface area contributed by atoms with E-state index in [0.717, 1.165) is 10.9 Å². The topological polar surface area (TPSA) is 19.9 Å². The summed E-state index contributed by atoms with van der Waals surface area (Å²) in [6.45, 7) is -0.157. The molecule has 0 fully saturated rings. The molecule has 2 rings (SSSR count). The maximum absolute atomic E-state index is 13.3. The van der Waals surface area contributed by atoms with Crippen molar-refractivity contribution in [1.29, 1.82) is 0 Å². The Balaban J connectivity index is 2.68. The van der Waals surface area contributed by atoms with Crippen LogP contribution in [-0.2, 0) is 11.5 Å². The standard InChI is InChI=1S/C12H10FO/c13-12-6-2-4-10-9(7-8-14)3-1-5-11(10)12/h1-6H,7-8H2. The van der Waals surface area contributed by atoms with Gasteiger partial charge in [0.25, 0.3) is 0 Å². The highest BCUT2D eigenvalue weighted by atomic mass is 19.1. The molecule has 1 radical (unpaired) electrons. The van der Waals surface area contributed by atoms with Gasteiger partial charge in [0.15, 0.2) is 0 Å². The SMILES string of the molecule is [O]CCc1cccc2c(F)cccc12. The predicted molar refractivity (Wildman–Crippen MR) is 53.2 cm³/mol. The van der Waals surface area contributed by atoms with Crippen LogP contribution in [0.2, 0.25) is 0 Å². The molecule has 0 aromatic heterocycles. The van der Waals surface area contributed by atoms with Gasteiger partial charge in [-0.15, -0.1) is 0 Å². The Morgan fingerprint density at radius 3 is 2.50 bits per heavy atom. The first-order valence-electron chi connectivity index (χ1n) is 4.57. The molecule has 0 aliphatic rings.